The van der Waals surface area contributed by atoms with Crippen LogP contribution in [-0.2, 0) is 0 Å². The number of ether oxygens (including phenoxy) is 1. The Hall–Kier alpha value is -2.28. The summed E-state index contributed by atoms with van der Waals surface area (Å²) in [4.78, 5) is 0. The fourth-order valence-electron chi connectivity index (χ4n) is 1.73. The van der Waals surface area contributed by atoms with Gasteiger partial charge in [-0.2, -0.15) is 0 Å². The molecule has 19 heavy (non-hydrogen) atoms. The minimum Gasteiger partial charge on any atom is -0.497 e. The molecule has 0 atom stereocenters. The molecule has 0 saturated carbocycles. The fourth-order valence-corrected chi connectivity index (χ4v) is 1.73. The smallest absolute Gasteiger partial charge is 0.118 e. The van der Waals surface area contributed by atoms with Crippen molar-refractivity contribution < 1.29 is 4.74 Å². The molecule has 0 aliphatic heterocycles. The van der Waals surface area contributed by atoms with Crippen molar-refractivity contribution in [2.24, 2.45) is 0 Å². The lowest BCUT2D eigenvalue weighted by molar-refractivity contribution is 0.415. The Bertz CT molecular complexity index is 560. The molecule has 0 unspecified atom stereocenters. The summed E-state index contributed by atoms with van der Waals surface area (Å²) in [5.41, 5.74) is 3.66. The molecule has 0 bridgehead atoms. The molecule has 96 valence electrons. The average molecular weight is 250 g/mol. The van der Waals surface area contributed by atoms with Crippen LogP contribution in [0.3, 0.4) is 0 Å². The molecule has 0 fully saturated rings. The Labute approximate surface area is 114 Å². The highest BCUT2D eigenvalue weighted by Gasteiger charge is 1.89. The normalized spacial score (nSPS) is 11.3. The summed E-state index contributed by atoms with van der Waals surface area (Å²) in [5.74, 6) is 0.882. The van der Waals surface area contributed by atoms with Crippen molar-refractivity contribution in [1.29, 1.82) is 0 Å². The first-order valence-corrected chi connectivity index (χ1v) is 6.33. The first-order valence-electron chi connectivity index (χ1n) is 6.33. The molecule has 0 aliphatic rings. The summed E-state index contributed by atoms with van der Waals surface area (Å²) in [7, 11) is 1.68. The molecule has 1 nitrogen and oxygen atoms in total. The van der Waals surface area contributed by atoms with Crippen molar-refractivity contribution in [2.45, 2.75) is 6.92 Å². The van der Waals surface area contributed by atoms with E-state index >= 15 is 0 Å². The van der Waals surface area contributed by atoms with Crippen LogP contribution in [0.4, 0.5) is 0 Å². The zero-order valence-electron chi connectivity index (χ0n) is 11.3. The maximum atomic E-state index is 5.12. The molecule has 0 N–H and O–H groups in total. The van der Waals surface area contributed by atoms with Gasteiger partial charge in [-0.15, -0.1) is 0 Å². The second kappa shape index (κ2) is 6.60. The molecule has 0 radical (unpaired) electrons. The predicted molar refractivity (Wildman–Crippen MR) is 82.2 cm³/mol. The van der Waals surface area contributed by atoms with E-state index in [1.54, 1.807) is 7.11 Å². The van der Waals surface area contributed by atoms with Crippen molar-refractivity contribution in [3.05, 3.63) is 77.4 Å². The number of benzene rings is 2. The highest BCUT2D eigenvalue weighted by atomic mass is 16.5. The van der Waals surface area contributed by atoms with Crippen molar-refractivity contribution in [3.63, 3.8) is 0 Å². The van der Waals surface area contributed by atoms with Crippen molar-refractivity contribution in [2.75, 3.05) is 7.11 Å². The SMILES string of the molecule is COc1ccc(C=CC=Cc2ccc(C)cc2)cc1. The van der Waals surface area contributed by atoms with Gasteiger partial charge in [-0.05, 0) is 30.2 Å². The van der Waals surface area contributed by atoms with Crippen LogP contribution in [0, 0.1) is 6.92 Å². The standard InChI is InChI=1S/C18H18O/c1-15-7-9-16(10-8-15)5-3-4-6-17-11-13-18(19-2)14-12-17/h3-14H,1-2H3. The second-order valence-electron chi connectivity index (χ2n) is 4.40. The van der Waals surface area contributed by atoms with E-state index in [2.05, 4.69) is 49.4 Å². The number of rotatable bonds is 4. The molecule has 0 aliphatic carbocycles. The zero-order chi connectivity index (χ0) is 13.5. The van der Waals surface area contributed by atoms with Crippen LogP contribution < -0.4 is 4.74 Å². The minimum absolute atomic E-state index is 0.882. The van der Waals surface area contributed by atoms with E-state index in [0.29, 0.717) is 0 Å². The average Bonchev–Trinajstić information content (AvgIpc) is 2.46. The highest BCUT2D eigenvalue weighted by molar-refractivity contribution is 5.57. The van der Waals surface area contributed by atoms with Crippen LogP contribution in [0.1, 0.15) is 16.7 Å². The van der Waals surface area contributed by atoms with Gasteiger partial charge in [0.25, 0.3) is 0 Å². The van der Waals surface area contributed by atoms with Crippen LogP contribution in [0.25, 0.3) is 12.2 Å². The lowest BCUT2D eigenvalue weighted by atomic mass is 10.1. The topological polar surface area (TPSA) is 9.23 Å². The van der Waals surface area contributed by atoms with E-state index in [0.717, 1.165) is 11.3 Å². The van der Waals surface area contributed by atoms with Gasteiger partial charge < -0.3 is 4.74 Å². The quantitative estimate of drug-likeness (QED) is 0.713. The molecule has 0 aromatic heterocycles. The number of hydrogen-bond donors (Lipinski definition) is 0. The molecule has 0 spiro atoms. The Morgan fingerprint density at radius 1 is 0.737 bits per heavy atom. The van der Waals surface area contributed by atoms with Crippen LogP contribution in [0.15, 0.2) is 60.7 Å². The van der Waals surface area contributed by atoms with Gasteiger partial charge in [0.15, 0.2) is 0 Å². The van der Waals surface area contributed by atoms with Gasteiger partial charge in [0.2, 0.25) is 0 Å². The maximum Gasteiger partial charge on any atom is 0.118 e. The molecule has 2 rings (SSSR count). The van der Waals surface area contributed by atoms with E-state index in [-0.39, 0.29) is 0 Å². The highest BCUT2D eigenvalue weighted by Crippen LogP contribution is 2.12. The van der Waals surface area contributed by atoms with E-state index in [1.807, 2.05) is 30.3 Å². The van der Waals surface area contributed by atoms with Crippen LogP contribution in [0.5, 0.6) is 5.75 Å². The molecule has 2 aromatic carbocycles. The van der Waals surface area contributed by atoms with Crippen molar-refractivity contribution in [3.8, 4) is 5.75 Å². The third kappa shape index (κ3) is 4.14. The van der Waals surface area contributed by atoms with Crippen LogP contribution in [0.2, 0.25) is 0 Å². The van der Waals surface area contributed by atoms with Crippen LogP contribution in [-0.4, -0.2) is 7.11 Å². The Balaban J connectivity index is 1.96. The third-order valence-electron chi connectivity index (χ3n) is 2.88. The first-order chi connectivity index (χ1) is 9.28. The lowest BCUT2D eigenvalue weighted by Crippen LogP contribution is -1.81. The minimum atomic E-state index is 0.882. The maximum absolute atomic E-state index is 5.12. The Morgan fingerprint density at radius 3 is 1.68 bits per heavy atom. The number of allylic oxidation sites excluding steroid dienone is 2. The molecule has 2 aromatic rings. The van der Waals surface area contributed by atoms with Gasteiger partial charge in [-0.25, -0.2) is 0 Å². The van der Waals surface area contributed by atoms with Gasteiger partial charge in [0, 0.05) is 0 Å². The summed E-state index contributed by atoms with van der Waals surface area (Å²) in [5, 5.41) is 0. The number of hydrogen-bond acceptors (Lipinski definition) is 1. The molecule has 0 heterocycles. The van der Waals surface area contributed by atoms with Gasteiger partial charge in [-0.3, -0.25) is 0 Å². The molecular formula is C18H18O. The molecule has 0 amide bonds. The first kappa shape index (κ1) is 13.2. The van der Waals surface area contributed by atoms with Gasteiger partial charge in [0.1, 0.15) is 5.75 Å². The monoisotopic (exact) mass is 250 g/mol. The van der Waals surface area contributed by atoms with Crippen LogP contribution >= 0.6 is 0 Å². The van der Waals surface area contributed by atoms with E-state index in [9.17, 15) is 0 Å². The molecule has 1 heteroatoms. The summed E-state index contributed by atoms with van der Waals surface area (Å²) >= 11 is 0. The number of methoxy groups -OCH3 is 1. The van der Waals surface area contributed by atoms with Gasteiger partial charge in [0.05, 0.1) is 7.11 Å². The number of aryl methyl sites for hydroxylation is 1. The molecule has 0 saturated heterocycles. The van der Waals surface area contributed by atoms with E-state index < -0.39 is 0 Å². The van der Waals surface area contributed by atoms with E-state index in [4.69, 9.17) is 4.74 Å². The van der Waals surface area contributed by atoms with Crippen molar-refractivity contribution in [1.82, 2.24) is 0 Å². The Morgan fingerprint density at radius 2 is 1.21 bits per heavy atom. The fraction of sp³-hybridized carbons (Fsp3) is 0.111. The summed E-state index contributed by atoms with van der Waals surface area (Å²) in [6.45, 7) is 2.09. The summed E-state index contributed by atoms with van der Waals surface area (Å²) in [6, 6.07) is 16.5. The van der Waals surface area contributed by atoms with Gasteiger partial charge in [-0.1, -0.05) is 66.3 Å². The lowest BCUT2D eigenvalue weighted by Gasteiger charge is -1.98. The van der Waals surface area contributed by atoms with E-state index in [1.165, 1.54) is 11.1 Å². The largest absolute Gasteiger partial charge is 0.497 e. The molecular weight excluding hydrogens is 232 g/mol. The predicted octanol–water partition coefficient (Wildman–Crippen LogP) is 4.73. The zero-order valence-corrected chi connectivity index (χ0v) is 11.3. The summed E-state index contributed by atoms with van der Waals surface area (Å²) in [6.07, 6.45) is 8.26. The summed E-state index contributed by atoms with van der Waals surface area (Å²) < 4.78 is 5.12. The second-order valence-corrected chi connectivity index (χ2v) is 4.40. The Kier molecular flexibility index (Phi) is 4.57. The third-order valence-corrected chi connectivity index (χ3v) is 2.88. The van der Waals surface area contributed by atoms with Crippen molar-refractivity contribution >= 4 is 12.2 Å². The van der Waals surface area contributed by atoms with Gasteiger partial charge >= 0.3 is 0 Å².